The zero-order valence-electron chi connectivity index (χ0n) is 12.7. The van der Waals surface area contributed by atoms with Crippen LogP contribution in [0.25, 0.3) is 0 Å². The number of ether oxygens (including phenoxy) is 3. The van der Waals surface area contributed by atoms with Crippen LogP contribution in [0.2, 0.25) is 0 Å². The molecule has 3 nitrogen and oxygen atoms in total. The van der Waals surface area contributed by atoms with Gasteiger partial charge in [-0.2, -0.15) is 0 Å². The van der Waals surface area contributed by atoms with Gasteiger partial charge >= 0.3 is 0 Å². The molecule has 1 aliphatic heterocycles. The number of benzene rings is 2. The fourth-order valence-corrected chi connectivity index (χ4v) is 2.58. The predicted molar refractivity (Wildman–Crippen MR) is 85.5 cm³/mol. The van der Waals surface area contributed by atoms with Crippen molar-refractivity contribution in [1.29, 1.82) is 0 Å². The van der Waals surface area contributed by atoms with Gasteiger partial charge in [0.15, 0.2) is 0 Å². The monoisotopic (exact) mass is 298 g/mol. The molecule has 0 amide bonds. The summed E-state index contributed by atoms with van der Waals surface area (Å²) in [6.45, 7) is 2.56. The summed E-state index contributed by atoms with van der Waals surface area (Å²) >= 11 is 0. The first-order valence-electron chi connectivity index (χ1n) is 7.79. The molecule has 116 valence electrons. The van der Waals surface area contributed by atoms with Crippen LogP contribution < -0.4 is 0 Å². The molecule has 0 radical (unpaired) electrons. The molecular formula is C19H22O3. The molecule has 0 aliphatic carbocycles. The van der Waals surface area contributed by atoms with E-state index in [4.69, 9.17) is 14.2 Å². The summed E-state index contributed by atoms with van der Waals surface area (Å²) in [5, 5.41) is 0. The lowest BCUT2D eigenvalue weighted by molar-refractivity contribution is 0.00227. The Bertz CT molecular complexity index is 541. The van der Waals surface area contributed by atoms with E-state index in [1.807, 2.05) is 36.4 Å². The van der Waals surface area contributed by atoms with Crippen LogP contribution in [0.15, 0.2) is 60.7 Å². The molecule has 1 fully saturated rings. The number of hydrogen-bond acceptors (Lipinski definition) is 3. The van der Waals surface area contributed by atoms with E-state index in [0.717, 1.165) is 6.42 Å². The highest BCUT2D eigenvalue weighted by Crippen LogP contribution is 2.18. The minimum Gasteiger partial charge on any atom is -0.374 e. The summed E-state index contributed by atoms with van der Waals surface area (Å²) in [5.74, 6) is 0. The van der Waals surface area contributed by atoms with E-state index in [2.05, 4.69) is 24.3 Å². The molecule has 2 aromatic carbocycles. The van der Waals surface area contributed by atoms with Crippen molar-refractivity contribution in [3.8, 4) is 0 Å². The van der Waals surface area contributed by atoms with Crippen LogP contribution >= 0.6 is 0 Å². The zero-order valence-corrected chi connectivity index (χ0v) is 12.7. The van der Waals surface area contributed by atoms with Crippen LogP contribution in [-0.2, 0) is 27.4 Å². The second-order valence-electron chi connectivity index (χ2n) is 5.61. The van der Waals surface area contributed by atoms with E-state index in [-0.39, 0.29) is 12.2 Å². The lowest BCUT2D eigenvalue weighted by atomic mass is 10.2. The number of hydrogen-bond donors (Lipinski definition) is 0. The first-order chi connectivity index (χ1) is 10.9. The maximum atomic E-state index is 5.90. The quantitative estimate of drug-likeness (QED) is 0.782. The molecule has 3 rings (SSSR count). The van der Waals surface area contributed by atoms with Crippen molar-refractivity contribution in [2.24, 2.45) is 0 Å². The van der Waals surface area contributed by atoms with Crippen molar-refractivity contribution in [3.05, 3.63) is 71.8 Å². The SMILES string of the molecule is c1ccc(COC[C@@H]2C[C@@H](OCc3ccccc3)CO2)cc1. The van der Waals surface area contributed by atoms with Crippen molar-refractivity contribution >= 4 is 0 Å². The fourth-order valence-electron chi connectivity index (χ4n) is 2.58. The van der Waals surface area contributed by atoms with Gasteiger partial charge in [-0.15, -0.1) is 0 Å². The van der Waals surface area contributed by atoms with Crippen molar-refractivity contribution < 1.29 is 14.2 Å². The third-order valence-electron chi connectivity index (χ3n) is 3.79. The second-order valence-corrected chi connectivity index (χ2v) is 5.61. The molecule has 1 saturated heterocycles. The topological polar surface area (TPSA) is 27.7 Å². The third kappa shape index (κ3) is 4.67. The molecule has 1 aliphatic rings. The van der Waals surface area contributed by atoms with Crippen LogP contribution in [0.3, 0.4) is 0 Å². The molecule has 0 unspecified atom stereocenters. The molecule has 2 atom stereocenters. The Morgan fingerprint density at radius 2 is 1.50 bits per heavy atom. The van der Waals surface area contributed by atoms with Crippen molar-refractivity contribution in [3.63, 3.8) is 0 Å². The van der Waals surface area contributed by atoms with Crippen molar-refractivity contribution in [2.75, 3.05) is 13.2 Å². The molecule has 0 N–H and O–H groups in total. The average Bonchev–Trinajstić information content (AvgIpc) is 3.03. The smallest absolute Gasteiger partial charge is 0.0838 e. The highest BCUT2D eigenvalue weighted by atomic mass is 16.6. The van der Waals surface area contributed by atoms with Gasteiger partial charge in [-0.25, -0.2) is 0 Å². The molecule has 0 aromatic heterocycles. The molecule has 0 spiro atoms. The van der Waals surface area contributed by atoms with E-state index in [1.165, 1.54) is 11.1 Å². The van der Waals surface area contributed by atoms with Gasteiger partial charge in [0.1, 0.15) is 0 Å². The summed E-state index contributed by atoms with van der Waals surface area (Å²) in [6, 6.07) is 20.4. The third-order valence-corrected chi connectivity index (χ3v) is 3.79. The largest absolute Gasteiger partial charge is 0.374 e. The summed E-state index contributed by atoms with van der Waals surface area (Å²) in [5.41, 5.74) is 2.39. The van der Waals surface area contributed by atoms with E-state index in [9.17, 15) is 0 Å². The Morgan fingerprint density at radius 1 is 0.864 bits per heavy atom. The lowest BCUT2D eigenvalue weighted by Gasteiger charge is -2.11. The highest BCUT2D eigenvalue weighted by molar-refractivity contribution is 5.14. The van der Waals surface area contributed by atoms with Gasteiger partial charge < -0.3 is 14.2 Å². The zero-order chi connectivity index (χ0) is 15.0. The maximum absolute atomic E-state index is 5.90. The second kappa shape index (κ2) is 8.08. The van der Waals surface area contributed by atoms with Gasteiger partial charge in [0.25, 0.3) is 0 Å². The minimum atomic E-state index is 0.143. The van der Waals surface area contributed by atoms with Crippen molar-refractivity contribution in [1.82, 2.24) is 0 Å². The Hall–Kier alpha value is -1.68. The Labute approximate surface area is 131 Å². The van der Waals surface area contributed by atoms with Crippen LogP contribution in [0.1, 0.15) is 17.5 Å². The van der Waals surface area contributed by atoms with E-state index < -0.39 is 0 Å². The highest BCUT2D eigenvalue weighted by Gasteiger charge is 2.26. The van der Waals surface area contributed by atoms with Crippen LogP contribution in [0, 0.1) is 0 Å². The molecule has 1 heterocycles. The maximum Gasteiger partial charge on any atom is 0.0838 e. The van der Waals surface area contributed by atoms with Gasteiger partial charge in [-0.1, -0.05) is 60.7 Å². The predicted octanol–water partition coefficient (Wildman–Crippen LogP) is 3.58. The van der Waals surface area contributed by atoms with Crippen molar-refractivity contribution in [2.45, 2.75) is 31.8 Å². The van der Waals surface area contributed by atoms with Crippen LogP contribution in [0.5, 0.6) is 0 Å². The average molecular weight is 298 g/mol. The molecule has 3 heteroatoms. The Morgan fingerprint density at radius 3 is 2.18 bits per heavy atom. The van der Waals surface area contributed by atoms with E-state index >= 15 is 0 Å². The summed E-state index contributed by atoms with van der Waals surface area (Å²) < 4.78 is 17.4. The van der Waals surface area contributed by atoms with Crippen LogP contribution in [-0.4, -0.2) is 25.4 Å². The van der Waals surface area contributed by atoms with E-state index in [0.29, 0.717) is 26.4 Å². The lowest BCUT2D eigenvalue weighted by Crippen LogP contribution is -2.16. The fraction of sp³-hybridized carbons (Fsp3) is 0.368. The standard InChI is InChI=1S/C19H22O3/c1-3-7-16(8-4-1)12-20-14-18-11-19(15-22-18)21-13-17-9-5-2-6-10-17/h1-10,18-19H,11-15H2/t18-,19+/m0/s1. The van der Waals surface area contributed by atoms with Gasteiger partial charge in [0.2, 0.25) is 0 Å². The normalized spacial score (nSPS) is 21.1. The number of rotatable bonds is 7. The summed E-state index contributed by atoms with van der Waals surface area (Å²) in [7, 11) is 0. The molecule has 0 bridgehead atoms. The van der Waals surface area contributed by atoms with Gasteiger partial charge in [0.05, 0.1) is 38.6 Å². The Kier molecular flexibility index (Phi) is 5.59. The summed E-state index contributed by atoms with van der Waals surface area (Å²) in [4.78, 5) is 0. The molecule has 22 heavy (non-hydrogen) atoms. The summed E-state index contributed by atoms with van der Waals surface area (Å²) in [6.07, 6.45) is 1.22. The molecule has 2 aromatic rings. The Balaban J connectivity index is 1.34. The van der Waals surface area contributed by atoms with Gasteiger partial charge in [-0.3, -0.25) is 0 Å². The molecular weight excluding hydrogens is 276 g/mol. The van der Waals surface area contributed by atoms with Gasteiger partial charge in [0, 0.05) is 6.42 Å². The van der Waals surface area contributed by atoms with E-state index in [1.54, 1.807) is 0 Å². The van der Waals surface area contributed by atoms with Gasteiger partial charge in [-0.05, 0) is 11.1 Å². The first kappa shape index (κ1) is 15.2. The first-order valence-corrected chi connectivity index (χ1v) is 7.79. The minimum absolute atomic E-state index is 0.143. The molecule has 0 saturated carbocycles. The van der Waals surface area contributed by atoms with Crippen LogP contribution in [0.4, 0.5) is 0 Å².